The predicted molar refractivity (Wildman–Crippen MR) is 71.8 cm³/mol. The van der Waals surface area contributed by atoms with E-state index in [9.17, 15) is 20.4 Å². The van der Waals surface area contributed by atoms with Gasteiger partial charge >= 0.3 is 0 Å². The van der Waals surface area contributed by atoms with Crippen molar-refractivity contribution in [2.75, 3.05) is 0 Å². The summed E-state index contributed by atoms with van der Waals surface area (Å²) in [6.45, 7) is 3.41. The molecule has 0 aliphatic heterocycles. The molecular weight excluding hydrogens is 244 g/mol. The summed E-state index contributed by atoms with van der Waals surface area (Å²) in [6.07, 6.45) is 0. The molecule has 0 saturated heterocycles. The van der Waals surface area contributed by atoms with Gasteiger partial charge in [-0.25, -0.2) is 0 Å². The van der Waals surface area contributed by atoms with Crippen LogP contribution in [0.5, 0.6) is 23.0 Å². The van der Waals surface area contributed by atoms with E-state index in [0.29, 0.717) is 11.1 Å². The molecule has 2 rings (SSSR count). The quantitative estimate of drug-likeness (QED) is 0.669. The van der Waals surface area contributed by atoms with Crippen molar-refractivity contribution in [1.29, 1.82) is 0 Å². The van der Waals surface area contributed by atoms with Crippen molar-refractivity contribution in [2.45, 2.75) is 19.8 Å². The minimum atomic E-state index is -0.264. The zero-order valence-electron chi connectivity index (χ0n) is 10.8. The summed E-state index contributed by atoms with van der Waals surface area (Å²) in [5.74, 6) is -0.512. The number of hydrogen-bond acceptors (Lipinski definition) is 4. The molecule has 0 aromatic heterocycles. The maximum Gasteiger partial charge on any atom is 0.129 e. The molecule has 2 aromatic carbocycles. The molecule has 100 valence electrons. The van der Waals surface area contributed by atoms with Crippen molar-refractivity contribution in [3.05, 3.63) is 47.0 Å². The number of benzene rings is 2. The van der Waals surface area contributed by atoms with Crippen LogP contribution in [0.4, 0.5) is 0 Å². The van der Waals surface area contributed by atoms with Gasteiger partial charge in [-0.05, 0) is 24.6 Å². The first-order chi connectivity index (χ1) is 8.91. The lowest BCUT2D eigenvalue weighted by atomic mass is 9.90. The Balaban J connectivity index is 2.53. The lowest BCUT2D eigenvalue weighted by molar-refractivity contribution is 0.412. The smallest absolute Gasteiger partial charge is 0.129 e. The molecule has 0 heterocycles. The Morgan fingerprint density at radius 1 is 0.895 bits per heavy atom. The van der Waals surface area contributed by atoms with Gasteiger partial charge in [-0.1, -0.05) is 19.1 Å². The van der Waals surface area contributed by atoms with Crippen molar-refractivity contribution in [3.8, 4) is 23.0 Å². The second kappa shape index (κ2) is 4.72. The average Bonchev–Trinajstić information content (AvgIpc) is 2.37. The maximum atomic E-state index is 10.1. The van der Waals surface area contributed by atoms with Gasteiger partial charge < -0.3 is 20.4 Å². The Morgan fingerprint density at radius 3 is 2.05 bits per heavy atom. The molecule has 0 amide bonds. The molecule has 4 heteroatoms. The highest BCUT2D eigenvalue weighted by Gasteiger charge is 2.20. The van der Waals surface area contributed by atoms with E-state index in [2.05, 4.69) is 0 Å². The zero-order chi connectivity index (χ0) is 14.2. The van der Waals surface area contributed by atoms with Gasteiger partial charge in [0.05, 0.1) is 0 Å². The fourth-order valence-corrected chi connectivity index (χ4v) is 2.12. The summed E-state index contributed by atoms with van der Waals surface area (Å²) in [4.78, 5) is 0. The first kappa shape index (κ1) is 13.1. The summed E-state index contributed by atoms with van der Waals surface area (Å²) < 4.78 is 0. The highest BCUT2D eigenvalue weighted by Crippen LogP contribution is 2.43. The molecule has 0 spiro atoms. The van der Waals surface area contributed by atoms with Crippen molar-refractivity contribution in [3.63, 3.8) is 0 Å². The van der Waals surface area contributed by atoms with E-state index in [0.717, 1.165) is 5.56 Å². The summed E-state index contributed by atoms with van der Waals surface area (Å²) >= 11 is 0. The van der Waals surface area contributed by atoms with E-state index in [4.69, 9.17) is 0 Å². The van der Waals surface area contributed by atoms with Crippen molar-refractivity contribution in [1.82, 2.24) is 0 Å². The van der Waals surface area contributed by atoms with Crippen LogP contribution in [-0.2, 0) is 0 Å². The standard InChI is InChI=1S/C15H16O4/c1-8(10-3-5-11(16)6-4-10)14-13(18)7-12(17)9(2)15(14)19/h3-8,16-19H,1-2H3. The van der Waals surface area contributed by atoms with E-state index in [1.165, 1.54) is 6.07 Å². The van der Waals surface area contributed by atoms with Crippen LogP contribution in [0, 0.1) is 6.92 Å². The number of phenolic OH excluding ortho intramolecular Hbond substituents is 4. The summed E-state index contributed by atoms with van der Waals surface area (Å²) in [6, 6.07) is 7.77. The Hall–Kier alpha value is -2.36. The van der Waals surface area contributed by atoms with Crippen LogP contribution >= 0.6 is 0 Å². The van der Waals surface area contributed by atoms with Crippen molar-refractivity contribution < 1.29 is 20.4 Å². The molecule has 1 atom stereocenters. The van der Waals surface area contributed by atoms with Crippen LogP contribution in [0.1, 0.15) is 29.5 Å². The second-order valence-electron chi connectivity index (χ2n) is 4.62. The molecule has 0 saturated carbocycles. The van der Waals surface area contributed by atoms with Gasteiger partial charge in [0, 0.05) is 23.1 Å². The number of hydrogen-bond donors (Lipinski definition) is 4. The molecule has 0 bridgehead atoms. The third-order valence-corrected chi connectivity index (χ3v) is 3.37. The van der Waals surface area contributed by atoms with E-state index in [-0.39, 0.29) is 28.9 Å². The first-order valence-corrected chi connectivity index (χ1v) is 5.95. The molecule has 2 aromatic rings. The summed E-state index contributed by atoms with van der Waals surface area (Å²) in [5, 5.41) is 38.8. The van der Waals surface area contributed by atoms with E-state index < -0.39 is 0 Å². The molecule has 0 aliphatic carbocycles. The fraction of sp³-hybridized carbons (Fsp3) is 0.200. The van der Waals surface area contributed by atoms with Crippen molar-refractivity contribution in [2.24, 2.45) is 0 Å². The average molecular weight is 260 g/mol. The third kappa shape index (κ3) is 2.29. The largest absolute Gasteiger partial charge is 0.508 e. The number of aromatic hydroxyl groups is 4. The van der Waals surface area contributed by atoms with Gasteiger partial charge in [0.1, 0.15) is 23.0 Å². The van der Waals surface area contributed by atoms with Crippen LogP contribution < -0.4 is 0 Å². The minimum absolute atomic E-state index is 0.113. The molecule has 4 N–H and O–H groups in total. The van der Waals surface area contributed by atoms with E-state index >= 15 is 0 Å². The minimum Gasteiger partial charge on any atom is -0.508 e. The van der Waals surface area contributed by atoms with Crippen LogP contribution in [0.2, 0.25) is 0 Å². The summed E-state index contributed by atoms with van der Waals surface area (Å²) in [5.41, 5.74) is 1.54. The van der Waals surface area contributed by atoms with Crippen molar-refractivity contribution >= 4 is 0 Å². The summed E-state index contributed by atoms with van der Waals surface area (Å²) in [7, 11) is 0. The van der Waals surface area contributed by atoms with Gasteiger partial charge in [-0.2, -0.15) is 0 Å². The Bertz CT molecular complexity index is 603. The Labute approximate surface area is 111 Å². The second-order valence-corrected chi connectivity index (χ2v) is 4.62. The zero-order valence-corrected chi connectivity index (χ0v) is 10.8. The lowest BCUT2D eigenvalue weighted by Gasteiger charge is -2.18. The van der Waals surface area contributed by atoms with Gasteiger partial charge in [0.25, 0.3) is 0 Å². The SMILES string of the molecule is Cc1c(O)cc(O)c(C(C)c2ccc(O)cc2)c1O. The Morgan fingerprint density at radius 2 is 1.47 bits per heavy atom. The Kier molecular flexibility index (Phi) is 3.25. The molecule has 19 heavy (non-hydrogen) atoms. The monoisotopic (exact) mass is 260 g/mol. The molecular formula is C15H16O4. The number of rotatable bonds is 2. The molecule has 0 radical (unpaired) electrons. The van der Waals surface area contributed by atoms with E-state index in [1.54, 1.807) is 31.2 Å². The van der Waals surface area contributed by atoms with Crippen LogP contribution in [-0.4, -0.2) is 20.4 Å². The highest BCUT2D eigenvalue weighted by atomic mass is 16.3. The normalized spacial score (nSPS) is 12.3. The van der Waals surface area contributed by atoms with Gasteiger partial charge in [0.15, 0.2) is 0 Å². The number of phenols is 4. The lowest BCUT2D eigenvalue weighted by Crippen LogP contribution is -1.98. The van der Waals surface area contributed by atoms with E-state index in [1.807, 2.05) is 6.92 Å². The molecule has 0 fully saturated rings. The highest BCUT2D eigenvalue weighted by molar-refractivity contribution is 5.58. The topological polar surface area (TPSA) is 80.9 Å². The fourth-order valence-electron chi connectivity index (χ4n) is 2.12. The first-order valence-electron chi connectivity index (χ1n) is 5.95. The molecule has 4 nitrogen and oxygen atoms in total. The maximum absolute atomic E-state index is 10.1. The van der Waals surface area contributed by atoms with Gasteiger partial charge in [-0.15, -0.1) is 0 Å². The van der Waals surface area contributed by atoms with Crippen LogP contribution in [0.15, 0.2) is 30.3 Å². The third-order valence-electron chi connectivity index (χ3n) is 3.37. The van der Waals surface area contributed by atoms with Gasteiger partial charge in [0.2, 0.25) is 0 Å². The van der Waals surface area contributed by atoms with Gasteiger partial charge in [-0.3, -0.25) is 0 Å². The van der Waals surface area contributed by atoms with Crippen LogP contribution in [0.25, 0.3) is 0 Å². The molecule has 1 unspecified atom stereocenters. The molecule has 0 aliphatic rings. The predicted octanol–water partition coefficient (Wildman–Crippen LogP) is 2.97. The van der Waals surface area contributed by atoms with Crippen LogP contribution in [0.3, 0.4) is 0 Å².